The van der Waals surface area contributed by atoms with Crippen molar-refractivity contribution in [3.05, 3.63) is 65.5 Å². The molecule has 2 N–H and O–H groups in total. The molecule has 0 radical (unpaired) electrons. The van der Waals surface area contributed by atoms with E-state index in [9.17, 15) is 17.6 Å². The zero-order chi connectivity index (χ0) is 19.9. The van der Waals surface area contributed by atoms with Crippen LogP contribution in [0.1, 0.15) is 22.8 Å². The van der Waals surface area contributed by atoms with Gasteiger partial charge in [-0.2, -0.15) is 0 Å². The number of rotatable bonds is 9. The molecule has 0 heterocycles. The van der Waals surface area contributed by atoms with Crippen molar-refractivity contribution >= 4 is 15.9 Å². The average Bonchev–Trinajstić information content (AvgIpc) is 2.63. The number of amides is 1. The quantitative estimate of drug-likeness (QED) is 0.682. The lowest BCUT2D eigenvalue weighted by atomic mass is 10.1. The Bertz CT molecular complexity index is 852. The maximum atomic E-state index is 12.9. The van der Waals surface area contributed by atoms with Crippen LogP contribution in [-0.2, 0) is 21.2 Å². The van der Waals surface area contributed by atoms with Crippen LogP contribution < -0.4 is 10.0 Å². The average molecular weight is 394 g/mol. The molecule has 27 heavy (non-hydrogen) atoms. The number of carbonyl (C=O) groups excluding carboxylic acids is 1. The van der Waals surface area contributed by atoms with Crippen molar-refractivity contribution in [3.63, 3.8) is 0 Å². The molecule has 0 aliphatic rings. The van der Waals surface area contributed by atoms with E-state index in [1.165, 1.54) is 43.5 Å². The summed E-state index contributed by atoms with van der Waals surface area (Å²) in [5.74, 6) is -0.606. The molecule has 0 aromatic heterocycles. The van der Waals surface area contributed by atoms with Crippen LogP contribution in [0.15, 0.2) is 53.4 Å². The Hall–Kier alpha value is -2.29. The fourth-order valence-electron chi connectivity index (χ4n) is 2.48. The molecule has 0 spiro atoms. The molecule has 146 valence electrons. The van der Waals surface area contributed by atoms with E-state index in [0.717, 1.165) is 5.56 Å². The second kappa shape index (κ2) is 9.59. The molecular weight excluding hydrogens is 371 g/mol. The Morgan fingerprint density at radius 3 is 2.33 bits per heavy atom. The minimum Gasteiger partial charge on any atom is -0.383 e. The van der Waals surface area contributed by atoms with Crippen LogP contribution in [0.3, 0.4) is 0 Å². The number of carbonyl (C=O) groups is 1. The lowest BCUT2D eigenvalue weighted by molar-refractivity contribution is 0.0954. The molecule has 0 fully saturated rings. The second-order valence-corrected chi connectivity index (χ2v) is 7.85. The molecule has 0 saturated heterocycles. The summed E-state index contributed by atoms with van der Waals surface area (Å²) in [6.07, 6.45) is 0.569. The van der Waals surface area contributed by atoms with Gasteiger partial charge in [-0.05, 0) is 55.3 Å². The SMILES string of the molecule is COC[C@H](C)NS(=O)(=O)c1ccc(C(=O)NCCc2ccc(F)cc2)cc1. The fourth-order valence-corrected chi connectivity index (χ4v) is 3.70. The summed E-state index contributed by atoms with van der Waals surface area (Å²) in [7, 11) is -2.18. The molecule has 1 amide bonds. The number of hydrogen-bond acceptors (Lipinski definition) is 4. The summed E-state index contributed by atoms with van der Waals surface area (Å²) in [4.78, 5) is 12.2. The predicted molar refractivity (Wildman–Crippen MR) is 101 cm³/mol. The highest BCUT2D eigenvalue weighted by Crippen LogP contribution is 2.11. The van der Waals surface area contributed by atoms with E-state index in [1.54, 1.807) is 19.1 Å². The molecule has 0 saturated carbocycles. The zero-order valence-corrected chi connectivity index (χ0v) is 16.1. The van der Waals surface area contributed by atoms with E-state index in [2.05, 4.69) is 10.0 Å². The number of hydrogen-bond donors (Lipinski definition) is 2. The highest BCUT2D eigenvalue weighted by molar-refractivity contribution is 7.89. The Kier molecular flexibility index (Phi) is 7.46. The Balaban J connectivity index is 1.91. The number of methoxy groups -OCH3 is 1. The molecule has 0 bridgehead atoms. The van der Waals surface area contributed by atoms with E-state index in [0.29, 0.717) is 18.5 Å². The van der Waals surface area contributed by atoms with Crippen LogP contribution in [0.5, 0.6) is 0 Å². The number of halogens is 1. The summed E-state index contributed by atoms with van der Waals surface area (Å²) in [5.41, 5.74) is 1.27. The highest BCUT2D eigenvalue weighted by Gasteiger charge is 2.17. The molecule has 8 heteroatoms. The molecular formula is C19H23FN2O4S. The maximum absolute atomic E-state index is 12.9. The number of nitrogens with one attached hydrogen (secondary N) is 2. The van der Waals surface area contributed by atoms with Crippen molar-refractivity contribution in [2.45, 2.75) is 24.3 Å². The number of ether oxygens (including phenoxy) is 1. The molecule has 2 rings (SSSR count). The first-order valence-corrected chi connectivity index (χ1v) is 9.94. The lowest BCUT2D eigenvalue weighted by Gasteiger charge is -2.13. The minimum atomic E-state index is -3.67. The third kappa shape index (κ3) is 6.42. The Morgan fingerprint density at radius 2 is 1.74 bits per heavy atom. The normalized spacial score (nSPS) is 12.6. The van der Waals surface area contributed by atoms with Gasteiger partial charge in [0.15, 0.2) is 0 Å². The monoisotopic (exact) mass is 394 g/mol. The van der Waals surface area contributed by atoms with E-state index < -0.39 is 10.0 Å². The van der Waals surface area contributed by atoms with Crippen LogP contribution >= 0.6 is 0 Å². The molecule has 2 aromatic rings. The third-order valence-corrected chi connectivity index (χ3v) is 5.42. The first-order valence-electron chi connectivity index (χ1n) is 8.46. The van der Waals surface area contributed by atoms with Gasteiger partial charge in [-0.1, -0.05) is 12.1 Å². The van der Waals surface area contributed by atoms with Gasteiger partial charge in [0, 0.05) is 25.3 Å². The molecule has 0 aliphatic carbocycles. The van der Waals surface area contributed by atoms with Crippen molar-refractivity contribution < 1.29 is 22.3 Å². The molecule has 2 aromatic carbocycles. The molecule has 1 atom stereocenters. The van der Waals surface area contributed by atoms with E-state index in [4.69, 9.17) is 4.74 Å². The standard InChI is InChI=1S/C19H23FN2O4S/c1-14(13-26-2)22-27(24,25)18-9-5-16(6-10-18)19(23)21-12-11-15-3-7-17(20)8-4-15/h3-10,14,22H,11-13H2,1-2H3,(H,21,23)/t14-/m0/s1. The van der Waals surface area contributed by atoms with Crippen molar-refractivity contribution in [3.8, 4) is 0 Å². The first kappa shape index (κ1) is 21.0. The van der Waals surface area contributed by atoms with Gasteiger partial charge in [0.05, 0.1) is 11.5 Å². The van der Waals surface area contributed by atoms with Crippen LogP contribution in [0.4, 0.5) is 4.39 Å². The minimum absolute atomic E-state index is 0.0771. The first-order chi connectivity index (χ1) is 12.8. The topological polar surface area (TPSA) is 84.5 Å². The van der Waals surface area contributed by atoms with Gasteiger partial charge in [0.2, 0.25) is 10.0 Å². The lowest BCUT2D eigenvalue weighted by Crippen LogP contribution is -2.35. The Morgan fingerprint density at radius 1 is 1.11 bits per heavy atom. The molecule has 6 nitrogen and oxygen atoms in total. The van der Waals surface area contributed by atoms with Crippen LogP contribution in [-0.4, -0.2) is 40.6 Å². The maximum Gasteiger partial charge on any atom is 0.251 e. The summed E-state index contributed by atoms with van der Waals surface area (Å²) in [5, 5.41) is 2.75. The van der Waals surface area contributed by atoms with Gasteiger partial charge in [-0.3, -0.25) is 4.79 Å². The second-order valence-electron chi connectivity index (χ2n) is 6.13. The van der Waals surface area contributed by atoms with Crippen molar-refractivity contribution in [2.75, 3.05) is 20.3 Å². The van der Waals surface area contributed by atoms with Gasteiger partial charge < -0.3 is 10.1 Å². The number of sulfonamides is 1. The van der Waals surface area contributed by atoms with Gasteiger partial charge >= 0.3 is 0 Å². The van der Waals surface area contributed by atoms with E-state index >= 15 is 0 Å². The zero-order valence-electron chi connectivity index (χ0n) is 15.2. The van der Waals surface area contributed by atoms with Gasteiger partial charge in [0.1, 0.15) is 5.82 Å². The van der Waals surface area contributed by atoms with E-state index in [-0.39, 0.29) is 29.3 Å². The van der Waals surface area contributed by atoms with Gasteiger partial charge in [-0.15, -0.1) is 0 Å². The fraction of sp³-hybridized carbons (Fsp3) is 0.316. The summed E-state index contributed by atoms with van der Waals surface area (Å²) >= 11 is 0. The Labute approximate surface area is 158 Å². The number of benzene rings is 2. The van der Waals surface area contributed by atoms with Crippen LogP contribution in [0, 0.1) is 5.82 Å². The van der Waals surface area contributed by atoms with Crippen LogP contribution in [0.25, 0.3) is 0 Å². The van der Waals surface area contributed by atoms with Crippen molar-refractivity contribution in [2.24, 2.45) is 0 Å². The molecule has 0 unspecified atom stereocenters. The van der Waals surface area contributed by atoms with Crippen molar-refractivity contribution in [1.29, 1.82) is 0 Å². The van der Waals surface area contributed by atoms with Crippen molar-refractivity contribution in [1.82, 2.24) is 10.0 Å². The summed E-state index contributed by atoms with van der Waals surface area (Å²) in [6, 6.07) is 11.4. The molecule has 0 aliphatic heterocycles. The largest absolute Gasteiger partial charge is 0.383 e. The van der Waals surface area contributed by atoms with Crippen LogP contribution in [0.2, 0.25) is 0 Å². The van der Waals surface area contributed by atoms with Gasteiger partial charge in [0.25, 0.3) is 5.91 Å². The smallest absolute Gasteiger partial charge is 0.251 e. The third-order valence-electron chi connectivity index (χ3n) is 3.81. The highest BCUT2D eigenvalue weighted by atomic mass is 32.2. The summed E-state index contributed by atoms with van der Waals surface area (Å²) in [6.45, 7) is 2.35. The predicted octanol–water partition coefficient (Wildman–Crippen LogP) is 2.11. The summed E-state index contributed by atoms with van der Waals surface area (Å²) < 4.78 is 44.8. The van der Waals surface area contributed by atoms with E-state index in [1.807, 2.05) is 0 Å². The van der Waals surface area contributed by atoms with Gasteiger partial charge in [-0.25, -0.2) is 17.5 Å².